The molecule has 1 aromatic rings. The lowest BCUT2D eigenvalue weighted by molar-refractivity contribution is -0.117. The first-order valence-electron chi connectivity index (χ1n) is 5.68. The average molecular weight is 302 g/mol. The van der Waals surface area contributed by atoms with Crippen molar-refractivity contribution in [3.05, 3.63) is 24.0 Å². The Morgan fingerprint density at radius 1 is 1.50 bits per heavy atom. The topological polar surface area (TPSA) is 105 Å². The summed E-state index contributed by atoms with van der Waals surface area (Å²) in [6.45, 7) is 0.0656. The quantitative estimate of drug-likeness (QED) is 0.809. The number of carboxylic acids is 1. The second-order valence-corrected chi connectivity index (χ2v) is 5.90. The van der Waals surface area contributed by atoms with Crippen molar-refractivity contribution in [1.29, 1.82) is 0 Å². The van der Waals surface area contributed by atoms with Crippen molar-refractivity contribution >= 4 is 27.8 Å². The minimum Gasteiger partial charge on any atom is -0.477 e. The van der Waals surface area contributed by atoms with Crippen LogP contribution in [0, 0.1) is 5.92 Å². The number of nitrogens with zero attached hydrogens (tertiary/aromatic N) is 2. The molecule has 1 fully saturated rings. The molecule has 0 radical (unpaired) electrons. The monoisotopic (exact) mass is 302 g/mol. The molecule has 7 nitrogen and oxygen atoms in total. The van der Waals surface area contributed by atoms with Gasteiger partial charge >= 0.3 is 16.2 Å². The molecule has 1 atom stereocenters. The number of hydrogen-bond donors (Lipinski definition) is 1. The number of hydrogen-bond acceptors (Lipinski definition) is 5. The summed E-state index contributed by atoms with van der Waals surface area (Å²) in [4.78, 5) is 27.4. The number of anilines is 1. The first-order chi connectivity index (χ1) is 9.26. The minimum atomic E-state index is -4.63. The lowest BCUT2D eigenvalue weighted by atomic mass is 10.1. The lowest BCUT2D eigenvalue weighted by Crippen LogP contribution is -2.25. The molecule has 1 saturated heterocycles. The highest BCUT2D eigenvalue weighted by atomic mass is 32.3. The van der Waals surface area contributed by atoms with Crippen LogP contribution in [0.1, 0.15) is 16.9 Å². The van der Waals surface area contributed by atoms with Crippen LogP contribution in [0.2, 0.25) is 0 Å². The molecule has 1 amide bonds. The number of rotatable bonds is 4. The Morgan fingerprint density at radius 3 is 2.70 bits per heavy atom. The average Bonchev–Trinajstić information content (AvgIpc) is 2.67. The highest BCUT2D eigenvalue weighted by Crippen LogP contribution is 2.25. The molecule has 1 unspecified atom stereocenters. The Labute approximate surface area is 114 Å². The van der Waals surface area contributed by atoms with Gasteiger partial charge in [-0.05, 0) is 12.1 Å². The van der Waals surface area contributed by atoms with Crippen molar-refractivity contribution in [1.82, 2.24) is 4.98 Å². The van der Waals surface area contributed by atoms with E-state index in [4.69, 9.17) is 5.11 Å². The number of carboxylic acid groups (broad SMARTS) is 1. The normalized spacial score (nSPS) is 19.4. The van der Waals surface area contributed by atoms with Gasteiger partial charge in [0.15, 0.2) is 0 Å². The fraction of sp³-hybridized carbons (Fsp3) is 0.364. The third-order valence-corrected chi connectivity index (χ3v) is 3.79. The lowest BCUT2D eigenvalue weighted by Gasteiger charge is -2.15. The van der Waals surface area contributed by atoms with Gasteiger partial charge in [-0.25, -0.2) is 9.78 Å². The molecule has 0 aromatic carbocycles. The van der Waals surface area contributed by atoms with Crippen molar-refractivity contribution in [2.45, 2.75) is 6.42 Å². The number of aromatic nitrogens is 1. The van der Waals surface area contributed by atoms with Gasteiger partial charge in [0.1, 0.15) is 5.69 Å². The number of amides is 1. The summed E-state index contributed by atoms with van der Waals surface area (Å²) in [5.74, 6) is -2.85. The fourth-order valence-electron chi connectivity index (χ4n) is 2.10. The molecule has 1 aliphatic rings. The standard InChI is InChI=1S/C11H11FN2O5S/c12-20(18,19)6-7-3-10(15)14(5-7)8-1-2-9(11(16)17)13-4-8/h1-2,4,7H,3,5-6H2,(H,16,17). The second kappa shape index (κ2) is 5.16. The van der Waals surface area contributed by atoms with Gasteiger partial charge in [-0.2, -0.15) is 8.42 Å². The summed E-state index contributed by atoms with van der Waals surface area (Å²) in [6.07, 6.45) is 1.15. The predicted molar refractivity (Wildman–Crippen MR) is 66.6 cm³/mol. The third kappa shape index (κ3) is 3.29. The van der Waals surface area contributed by atoms with Crippen LogP contribution in [0.3, 0.4) is 0 Å². The van der Waals surface area contributed by atoms with E-state index in [-0.39, 0.29) is 24.6 Å². The highest BCUT2D eigenvalue weighted by molar-refractivity contribution is 7.86. The second-order valence-electron chi connectivity index (χ2n) is 4.49. The zero-order chi connectivity index (χ0) is 14.9. The molecule has 0 aliphatic carbocycles. The van der Waals surface area contributed by atoms with Gasteiger partial charge in [0, 0.05) is 18.9 Å². The summed E-state index contributed by atoms with van der Waals surface area (Å²) in [6, 6.07) is 2.64. The minimum absolute atomic E-state index is 0.0656. The van der Waals surface area contributed by atoms with Crippen molar-refractivity contribution in [2.24, 2.45) is 5.92 Å². The van der Waals surface area contributed by atoms with E-state index in [1.165, 1.54) is 23.2 Å². The molecule has 20 heavy (non-hydrogen) atoms. The Bertz CT molecular complexity index is 643. The van der Waals surface area contributed by atoms with E-state index < -0.39 is 27.9 Å². The number of carbonyl (C=O) groups excluding carboxylic acids is 1. The molecular formula is C11H11FN2O5S. The predicted octanol–water partition coefficient (Wildman–Crippen LogP) is 0.432. The molecule has 9 heteroatoms. The van der Waals surface area contributed by atoms with Crippen LogP contribution in [0.25, 0.3) is 0 Å². The van der Waals surface area contributed by atoms with Crippen LogP contribution >= 0.6 is 0 Å². The maximum atomic E-state index is 12.6. The summed E-state index contributed by atoms with van der Waals surface area (Å²) >= 11 is 0. The Morgan fingerprint density at radius 2 is 2.20 bits per heavy atom. The number of aromatic carboxylic acids is 1. The van der Waals surface area contributed by atoms with Crippen molar-refractivity contribution in [3.63, 3.8) is 0 Å². The maximum Gasteiger partial charge on any atom is 0.354 e. The van der Waals surface area contributed by atoms with E-state index >= 15 is 0 Å². The Kier molecular flexibility index (Phi) is 3.71. The van der Waals surface area contributed by atoms with Crippen LogP contribution in [0.5, 0.6) is 0 Å². The van der Waals surface area contributed by atoms with E-state index in [0.717, 1.165) is 0 Å². The van der Waals surface area contributed by atoms with Crippen LogP contribution < -0.4 is 4.90 Å². The molecule has 0 bridgehead atoms. The first-order valence-corrected chi connectivity index (χ1v) is 7.23. The number of carbonyl (C=O) groups is 2. The smallest absolute Gasteiger partial charge is 0.354 e. The molecular weight excluding hydrogens is 291 g/mol. The molecule has 1 aromatic heterocycles. The molecule has 0 saturated carbocycles. The number of halogens is 1. The summed E-state index contributed by atoms with van der Waals surface area (Å²) in [5, 5.41) is 8.71. The van der Waals surface area contributed by atoms with Crippen LogP contribution in [-0.4, -0.2) is 42.7 Å². The van der Waals surface area contributed by atoms with E-state index in [1.54, 1.807) is 0 Å². The molecule has 0 spiro atoms. The molecule has 2 heterocycles. The van der Waals surface area contributed by atoms with Gasteiger partial charge in [0.2, 0.25) is 5.91 Å². The highest BCUT2D eigenvalue weighted by Gasteiger charge is 2.33. The zero-order valence-corrected chi connectivity index (χ0v) is 11.0. The van der Waals surface area contributed by atoms with Gasteiger partial charge < -0.3 is 10.0 Å². The van der Waals surface area contributed by atoms with Gasteiger partial charge in [0.05, 0.1) is 17.6 Å². The van der Waals surface area contributed by atoms with Crippen LogP contribution in [0.15, 0.2) is 18.3 Å². The zero-order valence-electron chi connectivity index (χ0n) is 10.2. The van der Waals surface area contributed by atoms with E-state index in [2.05, 4.69) is 4.98 Å². The van der Waals surface area contributed by atoms with Gasteiger partial charge in [-0.15, -0.1) is 3.89 Å². The Hall–Kier alpha value is -2.03. The van der Waals surface area contributed by atoms with E-state index in [1.807, 2.05) is 0 Å². The van der Waals surface area contributed by atoms with E-state index in [9.17, 15) is 21.9 Å². The first kappa shape index (κ1) is 14.4. The largest absolute Gasteiger partial charge is 0.477 e. The van der Waals surface area contributed by atoms with Gasteiger partial charge in [-0.3, -0.25) is 4.79 Å². The summed E-state index contributed by atoms with van der Waals surface area (Å²) in [7, 11) is -4.63. The molecule has 108 valence electrons. The Balaban J connectivity index is 2.13. The van der Waals surface area contributed by atoms with Crippen molar-refractivity contribution < 1.29 is 27.0 Å². The number of pyridine rings is 1. The van der Waals surface area contributed by atoms with Crippen LogP contribution in [0.4, 0.5) is 9.57 Å². The molecule has 1 N–H and O–H groups in total. The fourth-order valence-corrected chi connectivity index (χ4v) is 2.88. The van der Waals surface area contributed by atoms with Gasteiger partial charge in [-0.1, -0.05) is 0 Å². The third-order valence-electron chi connectivity index (χ3n) is 2.92. The van der Waals surface area contributed by atoms with Gasteiger partial charge in [0.25, 0.3) is 0 Å². The summed E-state index contributed by atoms with van der Waals surface area (Å²) in [5.41, 5.74) is 0.196. The van der Waals surface area contributed by atoms with E-state index in [0.29, 0.717) is 5.69 Å². The molecule has 1 aliphatic heterocycles. The summed E-state index contributed by atoms with van der Waals surface area (Å²) < 4.78 is 33.8. The van der Waals surface area contributed by atoms with Crippen molar-refractivity contribution in [3.8, 4) is 0 Å². The molecule has 2 rings (SSSR count). The van der Waals surface area contributed by atoms with Crippen molar-refractivity contribution in [2.75, 3.05) is 17.2 Å². The SMILES string of the molecule is O=C(O)c1ccc(N2CC(CS(=O)(=O)F)CC2=O)cn1. The maximum absolute atomic E-state index is 12.6. The van der Waals surface area contributed by atoms with Crippen LogP contribution in [-0.2, 0) is 15.0 Å².